The Kier molecular flexibility index (Phi) is 4.44. The highest BCUT2D eigenvalue weighted by atomic mass is 16.5. The fourth-order valence-electron chi connectivity index (χ4n) is 3.09. The first-order valence-corrected chi connectivity index (χ1v) is 8.45. The normalized spacial score (nSPS) is 15.1. The van der Waals surface area contributed by atoms with Gasteiger partial charge in [-0.1, -0.05) is 18.2 Å². The second-order valence-electron chi connectivity index (χ2n) is 6.22. The lowest BCUT2D eigenvalue weighted by molar-refractivity contribution is 0.0528. The number of H-pyrrole nitrogens is 1. The van der Waals surface area contributed by atoms with Gasteiger partial charge in [0.2, 0.25) is 5.82 Å². The van der Waals surface area contributed by atoms with Gasteiger partial charge in [0.05, 0.1) is 5.69 Å². The monoisotopic (exact) mass is 353 g/mol. The number of ether oxygens (including phenoxy) is 1. The second-order valence-corrected chi connectivity index (χ2v) is 6.22. The molecule has 0 radical (unpaired) electrons. The number of benzene rings is 1. The standard InChI is InChI=1S/C17H19N7O2/c1-23(14-5-7-26-8-6-14)17(25)24-10-15(18-11-24)12-3-2-4-13(9-12)16-19-21-22-20-16/h2-4,9-11,14H,5-8H2,1H3,(H,19,20,21,22). The topological polar surface area (TPSA) is 102 Å². The number of imidazole rings is 1. The van der Waals surface area contributed by atoms with Gasteiger partial charge in [-0.2, -0.15) is 5.21 Å². The molecule has 2 aromatic heterocycles. The lowest BCUT2D eigenvalue weighted by atomic mass is 10.1. The Morgan fingerprint density at radius 1 is 1.31 bits per heavy atom. The van der Waals surface area contributed by atoms with E-state index in [2.05, 4.69) is 25.6 Å². The van der Waals surface area contributed by atoms with E-state index in [9.17, 15) is 4.79 Å². The maximum Gasteiger partial charge on any atom is 0.329 e. The molecule has 26 heavy (non-hydrogen) atoms. The number of hydrogen-bond donors (Lipinski definition) is 1. The maximum absolute atomic E-state index is 12.7. The van der Waals surface area contributed by atoms with Gasteiger partial charge in [-0.3, -0.25) is 4.57 Å². The molecule has 1 fully saturated rings. The number of rotatable bonds is 3. The third kappa shape index (κ3) is 3.21. The van der Waals surface area contributed by atoms with E-state index in [1.807, 2.05) is 31.3 Å². The van der Waals surface area contributed by atoms with E-state index in [-0.39, 0.29) is 12.1 Å². The van der Waals surface area contributed by atoms with Gasteiger partial charge in [0.25, 0.3) is 0 Å². The number of aromatic nitrogens is 6. The van der Waals surface area contributed by atoms with Crippen LogP contribution in [0.3, 0.4) is 0 Å². The molecule has 9 heteroatoms. The minimum atomic E-state index is -0.0926. The van der Waals surface area contributed by atoms with Crippen molar-refractivity contribution in [1.29, 1.82) is 0 Å². The van der Waals surface area contributed by atoms with E-state index in [0.717, 1.165) is 24.0 Å². The predicted octanol–water partition coefficient (Wildman–Crippen LogP) is 1.81. The molecule has 9 nitrogen and oxygen atoms in total. The quantitative estimate of drug-likeness (QED) is 0.770. The predicted molar refractivity (Wildman–Crippen MR) is 93.2 cm³/mol. The van der Waals surface area contributed by atoms with Crippen LogP contribution >= 0.6 is 0 Å². The zero-order valence-corrected chi connectivity index (χ0v) is 14.4. The molecule has 3 aromatic rings. The number of carbonyl (C=O) groups excluding carboxylic acids is 1. The van der Waals surface area contributed by atoms with E-state index in [1.54, 1.807) is 17.4 Å². The fourth-order valence-corrected chi connectivity index (χ4v) is 3.09. The summed E-state index contributed by atoms with van der Waals surface area (Å²) in [5, 5.41) is 14.0. The first kappa shape index (κ1) is 16.4. The van der Waals surface area contributed by atoms with Gasteiger partial charge < -0.3 is 9.64 Å². The summed E-state index contributed by atoms with van der Waals surface area (Å²) in [6, 6.07) is 7.76. The number of hydrogen-bond acceptors (Lipinski definition) is 6. The van der Waals surface area contributed by atoms with Crippen LogP contribution in [0.4, 0.5) is 4.79 Å². The van der Waals surface area contributed by atoms with Crippen LogP contribution in [0.15, 0.2) is 36.8 Å². The van der Waals surface area contributed by atoms with E-state index in [1.165, 1.54) is 4.57 Å². The summed E-state index contributed by atoms with van der Waals surface area (Å²) < 4.78 is 6.88. The average molecular weight is 353 g/mol. The number of nitrogens with zero attached hydrogens (tertiary/aromatic N) is 6. The first-order chi connectivity index (χ1) is 12.7. The highest BCUT2D eigenvalue weighted by molar-refractivity contribution is 5.78. The molecular weight excluding hydrogens is 334 g/mol. The molecule has 1 amide bonds. The van der Waals surface area contributed by atoms with Crippen LogP contribution in [-0.4, -0.2) is 67.4 Å². The molecular formula is C17H19N7O2. The first-order valence-electron chi connectivity index (χ1n) is 8.45. The van der Waals surface area contributed by atoms with E-state index < -0.39 is 0 Å². The van der Waals surface area contributed by atoms with Crippen LogP contribution < -0.4 is 0 Å². The molecule has 0 spiro atoms. The van der Waals surface area contributed by atoms with Crippen molar-refractivity contribution in [3.63, 3.8) is 0 Å². The SMILES string of the molecule is CN(C(=O)n1cnc(-c2cccc(-c3nn[nH]n3)c2)c1)C1CCOCC1. The van der Waals surface area contributed by atoms with Crippen molar-refractivity contribution in [2.24, 2.45) is 0 Å². The Balaban J connectivity index is 1.54. The Labute approximate surface area is 150 Å². The number of tetrazole rings is 1. The minimum Gasteiger partial charge on any atom is -0.381 e. The number of carbonyl (C=O) groups is 1. The summed E-state index contributed by atoms with van der Waals surface area (Å²) in [6.07, 6.45) is 5.01. The van der Waals surface area contributed by atoms with Crippen molar-refractivity contribution in [2.75, 3.05) is 20.3 Å². The van der Waals surface area contributed by atoms with Gasteiger partial charge in [-0.25, -0.2) is 9.78 Å². The molecule has 0 unspecified atom stereocenters. The van der Waals surface area contributed by atoms with Crippen LogP contribution in [0.5, 0.6) is 0 Å². The lowest BCUT2D eigenvalue weighted by Crippen LogP contribution is -2.42. The maximum atomic E-state index is 12.7. The summed E-state index contributed by atoms with van der Waals surface area (Å²) in [5.41, 5.74) is 2.42. The summed E-state index contributed by atoms with van der Waals surface area (Å²) in [6.45, 7) is 1.39. The van der Waals surface area contributed by atoms with E-state index in [4.69, 9.17) is 4.74 Å². The van der Waals surface area contributed by atoms with Crippen molar-refractivity contribution in [1.82, 2.24) is 35.1 Å². The molecule has 0 bridgehead atoms. The highest BCUT2D eigenvalue weighted by Gasteiger charge is 2.23. The van der Waals surface area contributed by atoms with Gasteiger partial charge in [-0.05, 0) is 24.1 Å². The zero-order chi connectivity index (χ0) is 17.9. The molecule has 1 aromatic carbocycles. The molecule has 1 saturated heterocycles. The molecule has 1 aliphatic heterocycles. The summed E-state index contributed by atoms with van der Waals surface area (Å²) in [7, 11) is 1.83. The molecule has 0 atom stereocenters. The van der Waals surface area contributed by atoms with Crippen LogP contribution in [-0.2, 0) is 4.74 Å². The smallest absolute Gasteiger partial charge is 0.329 e. The van der Waals surface area contributed by atoms with Crippen LogP contribution in [0.1, 0.15) is 12.8 Å². The van der Waals surface area contributed by atoms with Gasteiger partial charge >= 0.3 is 6.03 Å². The van der Waals surface area contributed by atoms with Gasteiger partial charge in [0.15, 0.2) is 0 Å². The zero-order valence-electron chi connectivity index (χ0n) is 14.4. The van der Waals surface area contributed by atoms with Crippen molar-refractivity contribution in [2.45, 2.75) is 18.9 Å². The Morgan fingerprint density at radius 2 is 2.12 bits per heavy atom. The Hall–Kier alpha value is -3.07. The van der Waals surface area contributed by atoms with E-state index >= 15 is 0 Å². The van der Waals surface area contributed by atoms with Crippen LogP contribution in [0.2, 0.25) is 0 Å². The third-order valence-electron chi connectivity index (χ3n) is 4.61. The lowest BCUT2D eigenvalue weighted by Gasteiger charge is -2.30. The number of amides is 1. The van der Waals surface area contributed by atoms with Gasteiger partial charge in [0.1, 0.15) is 6.33 Å². The second kappa shape index (κ2) is 7.04. The highest BCUT2D eigenvalue weighted by Crippen LogP contribution is 2.23. The molecule has 0 saturated carbocycles. The van der Waals surface area contributed by atoms with Gasteiger partial charge in [0, 0.05) is 43.6 Å². The van der Waals surface area contributed by atoms with Crippen molar-refractivity contribution in [3.05, 3.63) is 36.8 Å². The molecule has 4 rings (SSSR count). The van der Waals surface area contributed by atoms with Crippen molar-refractivity contribution < 1.29 is 9.53 Å². The van der Waals surface area contributed by atoms with Crippen LogP contribution in [0.25, 0.3) is 22.6 Å². The average Bonchev–Trinajstić information content (AvgIpc) is 3.40. The summed E-state index contributed by atoms with van der Waals surface area (Å²) in [4.78, 5) is 18.9. The van der Waals surface area contributed by atoms with Gasteiger partial charge in [-0.15, -0.1) is 10.2 Å². The number of aromatic amines is 1. The third-order valence-corrected chi connectivity index (χ3v) is 4.61. The fraction of sp³-hybridized carbons (Fsp3) is 0.353. The molecule has 1 aliphatic rings. The Morgan fingerprint density at radius 3 is 2.88 bits per heavy atom. The Bertz CT molecular complexity index is 884. The van der Waals surface area contributed by atoms with Crippen molar-refractivity contribution >= 4 is 6.03 Å². The molecule has 0 aliphatic carbocycles. The molecule has 3 heterocycles. The molecule has 1 N–H and O–H groups in total. The largest absolute Gasteiger partial charge is 0.381 e. The summed E-state index contributed by atoms with van der Waals surface area (Å²) >= 11 is 0. The van der Waals surface area contributed by atoms with Crippen molar-refractivity contribution in [3.8, 4) is 22.6 Å². The van der Waals surface area contributed by atoms with E-state index in [0.29, 0.717) is 24.7 Å². The van der Waals surface area contributed by atoms with Crippen LogP contribution in [0, 0.1) is 0 Å². The minimum absolute atomic E-state index is 0.0926. The summed E-state index contributed by atoms with van der Waals surface area (Å²) in [5.74, 6) is 0.515. The number of nitrogens with one attached hydrogen (secondary N) is 1. The molecule has 134 valence electrons.